The van der Waals surface area contributed by atoms with Crippen molar-refractivity contribution in [1.82, 2.24) is 0 Å². The molecule has 0 saturated carbocycles. The van der Waals surface area contributed by atoms with Crippen LogP contribution in [0, 0.1) is 12.3 Å². The fourth-order valence-corrected chi connectivity index (χ4v) is 2.20. The molecule has 1 aliphatic rings. The van der Waals surface area contributed by atoms with Gasteiger partial charge in [-0.25, -0.2) is 0 Å². The van der Waals surface area contributed by atoms with Gasteiger partial charge in [0.05, 0.1) is 0 Å². The highest BCUT2D eigenvalue weighted by molar-refractivity contribution is 5.91. The van der Waals surface area contributed by atoms with Gasteiger partial charge in [0, 0.05) is 5.71 Å². The molecule has 0 amide bonds. The van der Waals surface area contributed by atoms with Crippen molar-refractivity contribution in [2.24, 2.45) is 0 Å². The summed E-state index contributed by atoms with van der Waals surface area (Å²) in [6.45, 7) is 3.98. The zero-order valence-electron chi connectivity index (χ0n) is 9.88. The van der Waals surface area contributed by atoms with E-state index in [4.69, 9.17) is 5.41 Å². The molecule has 1 nitrogen and oxygen atoms in total. The van der Waals surface area contributed by atoms with E-state index in [2.05, 4.69) is 37.3 Å². The van der Waals surface area contributed by atoms with Crippen LogP contribution in [0.2, 0.25) is 0 Å². The van der Waals surface area contributed by atoms with Crippen molar-refractivity contribution >= 4 is 11.3 Å². The van der Waals surface area contributed by atoms with E-state index >= 15 is 0 Å². The summed E-state index contributed by atoms with van der Waals surface area (Å²) in [5.74, 6) is 0. The van der Waals surface area contributed by atoms with Gasteiger partial charge in [0.15, 0.2) is 0 Å². The summed E-state index contributed by atoms with van der Waals surface area (Å²) in [6.07, 6.45) is 6.28. The first-order valence-corrected chi connectivity index (χ1v) is 5.66. The van der Waals surface area contributed by atoms with E-state index in [1.54, 1.807) is 0 Å². The van der Waals surface area contributed by atoms with Crippen LogP contribution in [-0.4, -0.2) is 5.71 Å². The number of hydrogen-bond donors (Lipinski definition) is 1. The Morgan fingerprint density at radius 3 is 2.75 bits per heavy atom. The third kappa shape index (κ3) is 2.30. The molecule has 0 atom stereocenters. The number of benzene rings is 1. The maximum Gasteiger partial charge on any atom is 0.0282 e. The number of nitrogens with one attached hydrogen (secondary N) is 1. The lowest BCUT2D eigenvalue weighted by molar-refractivity contribution is 1.20. The van der Waals surface area contributed by atoms with Gasteiger partial charge in [-0.1, -0.05) is 35.9 Å². The molecule has 0 bridgehead atoms. The van der Waals surface area contributed by atoms with Crippen LogP contribution in [-0.2, 0) is 0 Å². The van der Waals surface area contributed by atoms with Gasteiger partial charge >= 0.3 is 0 Å². The van der Waals surface area contributed by atoms with Crippen molar-refractivity contribution in [2.45, 2.75) is 26.7 Å². The second kappa shape index (κ2) is 4.48. The van der Waals surface area contributed by atoms with Crippen LogP contribution in [0.3, 0.4) is 0 Å². The zero-order valence-corrected chi connectivity index (χ0v) is 9.88. The Morgan fingerprint density at radius 2 is 2.06 bits per heavy atom. The van der Waals surface area contributed by atoms with Crippen molar-refractivity contribution in [1.29, 1.82) is 5.41 Å². The fourth-order valence-electron chi connectivity index (χ4n) is 2.20. The monoisotopic (exact) mass is 211 g/mol. The van der Waals surface area contributed by atoms with Gasteiger partial charge < -0.3 is 5.41 Å². The maximum absolute atomic E-state index is 7.47. The third-order valence-electron chi connectivity index (χ3n) is 2.94. The molecule has 0 fully saturated rings. The van der Waals surface area contributed by atoms with E-state index in [1.165, 1.54) is 22.3 Å². The Kier molecular flexibility index (Phi) is 3.04. The van der Waals surface area contributed by atoms with Crippen LogP contribution in [0.4, 0.5) is 0 Å². The highest BCUT2D eigenvalue weighted by Gasteiger charge is 2.12. The van der Waals surface area contributed by atoms with Crippen LogP contribution in [0.25, 0.3) is 5.57 Å². The van der Waals surface area contributed by atoms with E-state index in [0.29, 0.717) is 5.71 Å². The first-order valence-electron chi connectivity index (χ1n) is 5.66. The molecular formula is C15H17N. The summed E-state index contributed by atoms with van der Waals surface area (Å²) in [5, 5.41) is 7.47. The lowest BCUT2D eigenvalue weighted by atomic mass is 9.99. The summed E-state index contributed by atoms with van der Waals surface area (Å²) in [4.78, 5) is 0. The zero-order chi connectivity index (χ0) is 11.5. The number of rotatable bonds is 2. The summed E-state index contributed by atoms with van der Waals surface area (Å²) in [6, 6.07) is 8.50. The van der Waals surface area contributed by atoms with Crippen LogP contribution >= 0.6 is 0 Å². The molecule has 0 aliphatic heterocycles. The first kappa shape index (κ1) is 10.9. The first-order chi connectivity index (χ1) is 7.66. The van der Waals surface area contributed by atoms with Gasteiger partial charge in [-0.3, -0.25) is 0 Å². The smallest absolute Gasteiger partial charge is 0.0282 e. The van der Waals surface area contributed by atoms with Crippen molar-refractivity contribution in [3.05, 3.63) is 53.1 Å². The minimum absolute atomic E-state index is 0.648. The van der Waals surface area contributed by atoms with Crippen LogP contribution in [0.15, 0.2) is 42.0 Å². The van der Waals surface area contributed by atoms with Crippen LogP contribution in [0.5, 0.6) is 0 Å². The van der Waals surface area contributed by atoms with Crippen molar-refractivity contribution < 1.29 is 0 Å². The second-order valence-corrected chi connectivity index (χ2v) is 4.41. The minimum atomic E-state index is 0.648. The molecule has 0 saturated heterocycles. The standard InChI is InChI=1S/C15H17N/c1-11-5-3-4-6-15(11)14-8-7-13(10-14)9-12(2)16/h3-6,8-9,16H,7,10H2,1-2H3/b13-9+,16-12?. The summed E-state index contributed by atoms with van der Waals surface area (Å²) in [5.41, 5.74) is 6.10. The van der Waals surface area contributed by atoms with Gasteiger partial charge in [-0.15, -0.1) is 0 Å². The number of aryl methyl sites for hydroxylation is 1. The average molecular weight is 211 g/mol. The Bertz CT molecular complexity index is 478. The molecule has 2 rings (SSSR count). The molecule has 1 aliphatic carbocycles. The summed E-state index contributed by atoms with van der Waals surface area (Å²) >= 11 is 0. The van der Waals surface area contributed by atoms with E-state index in [1.807, 2.05) is 13.0 Å². The number of hydrogen-bond acceptors (Lipinski definition) is 1. The molecule has 82 valence electrons. The Labute approximate surface area is 97.0 Å². The van der Waals surface area contributed by atoms with Crippen LogP contribution < -0.4 is 0 Å². The Hall–Kier alpha value is -1.63. The predicted molar refractivity (Wildman–Crippen MR) is 69.9 cm³/mol. The van der Waals surface area contributed by atoms with Crippen molar-refractivity contribution in [3.8, 4) is 0 Å². The lowest BCUT2D eigenvalue weighted by Crippen LogP contribution is -1.87. The SMILES string of the molecule is CC(=N)/C=C1\CC=C(c2ccccc2C)C1. The summed E-state index contributed by atoms with van der Waals surface area (Å²) in [7, 11) is 0. The highest BCUT2D eigenvalue weighted by Crippen LogP contribution is 2.33. The molecule has 0 spiro atoms. The van der Waals surface area contributed by atoms with Gasteiger partial charge in [0.2, 0.25) is 0 Å². The van der Waals surface area contributed by atoms with E-state index in [0.717, 1.165) is 12.8 Å². The largest absolute Gasteiger partial charge is 0.306 e. The topological polar surface area (TPSA) is 23.9 Å². The van der Waals surface area contributed by atoms with Gasteiger partial charge in [-0.2, -0.15) is 0 Å². The molecule has 1 aromatic carbocycles. The molecule has 0 aromatic heterocycles. The lowest BCUT2D eigenvalue weighted by Gasteiger charge is -2.06. The third-order valence-corrected chi connectivity index (χ3v) is 2.94. The second-order valence-electron chi connectivity index (χ2n) is 4.41. The predicted octanol–water partition coefficient (Wildman–Crippen LogP) is 4.14. The molecule has 1 N–H and O–H groups in total. The average Bonchev–Trinajstić information content (AvgIpc) is 2.66. The molecule has 16 heavy (non-hydrogen) atoms. The normalized spacial score (nSPS) is 17.6. The Balaban J connectivity index is 2.21. The van der Waals surface area contributed by atoms with Gasteiger partial charge in [0.25, 0.3) is 0 Å². The molecule has 1 aromatic rings. The number of allylic oxidation sites excluding steroid dienone is 4. The molecule has 1 heteroatoms. The van der Waals surface area contributed by atoms with Crippen molar-refractivity contribution in [2.75, 3.05) is 0 Å². The molecular weight excluding hydrogens is 194 g/mol. The van der Waals surface area contributed by atoms with Gasteiger partial charge in [0.1, 0.15) is 0 Å². The van der Waals surface area contributed by atoms with E-state index in [9.17, 15) is 0 Å². The minimum Gasteiger partial charge on any atom is -0.306 e. The molecule has 0 heterocycles. The van der Waals surface area contributed by atoms with E-state index < -0.39 is 0 Å². The Morgan fingerprint density at radius 1 is 1.31 bits per heavy atom. The maximum atomic E-state index is 7.47. The fraction of sp³-hybridized carbons (Fsp3) is 0.267. The quantitative estimate of drug-likeness (QED) is 0.711. The summed E-state index contributed by atoms with van der Waals surface area (Å²) < 4.78 is 0. The molecule has 0 unspecified atom stereocenters. The van der Waals surface area contributed by atoms with E-state index in [-0.39, 0.29) is 0 Å². The molecule has 0 radical (unpaired) electrons. The van der Waals surface area contributed by atoms with Crippen LogP contribution in [0.1, 0.15) is 30.9 Å². The highest BCUT2D eigenvalue weighted by atomic mass is 14.4. The van der Waals surface area contributed by atoms with Crippen molar-refractivity contribution in [3.63, 3.8) is 0 Å². The van der Waals surface area contributed by atoms with Gasteiger partial charge in [-0.05, 0) is 49.5 Å².